The minimum Gasteiger partial charge on any atom is -0.476 e. The second-order valence-electron chi connectivity index (χ2n) is 3.75. The molecule has 0 aliphatic heterocycles. The highest BCUT2D eigenvalue weighted by Crippen LogP contribution is 2.27. The Kier molecular flexibility index (Phi) is 3.73. The van der Waals surface area contributed by atoms with E-state index in [1.165, 1.54) is 25.2 Å². The largest absolute Gasteiger partial charge is 0.476 e. The number of carboxylic acids is 1. The van der Waals surface area contributed by atoms with Gasteiger partial charge in [-0.25, -0.2) is 22.6 Å². The lowest BCUT2D eigenvalue weighted by atomic mass is 10.3. The number of carboxylic acid groups (broad SMARTS) is 1. The first-order valence-electron chi connectivity index (χ1n) is 5.25. The molecule has 9 heteroatoms. The van der Waals surface area contributed by atoms with Crippen molar-refractivity contribution in [2.45, 2.75) is 4.21 Å². The average Bonchev–Trinajstić information content (AvgIpc) is 2.87. The van der Waals surface area contributed by atoms with Gasteiger partial charge in [-0.3, -0.25) is 4.31 Å². The number of carbonyl (C=O) groups is 1. The Labute approximate surface area is 118 Å². The second-order valence-corrected chi connectivity index (χ2v) is 6.77. The predicted molar refractivity (Wildman–Crippen MR) is 71.1 cm³/mol. The van der Waals surface area contributed by atoms with Gasteiger partial charge in [0, 0.05) is 7.05 Å². The van der Waals surface area contributed by atoms with Crippen LogP contribution < -0.4 is 4.31 Å². The standard InChI is InChI=1S/C11H9FN2O4S2/c1-14(8-4-2-3-7(12)5-8)20(17,18)11-9(10(15)16)13-6-19-11/h2-6H,1H3,(H,15,16). The second kappa shape index (κ2) is 5.17. The molecule has 1 aromatic carbocycles. The van der Waals surface area contributed by atoms with Crippen LogP contribution in [0, 0.1) is 5.82 Å². The van der Waals surface area contributed by atoms with Gasteiger partial charge >= 0.3 is 5.97 Å². The Morgan fingerprint density at radius 3 is 2.75 bits per heavy atom. The number of benzene rings is 1. The molecule has 0 saturated carbocycles. The lowest BCUT2D eigenvalue weighted by Crippen LogP contribution is -2.27. The van der Waals surface area contributed by atoms with E-state index in [9.17, 15) is 17.6 Å². The molecule has 0 bridgehead atoms. The van der Waals surface area contributed by atoms with Gasteiger partial charge in [0.15, 0.2) is 9.90 Å². The molecule has 0 amide bonds. The fourth-order valence-corrected chi connectivity index (χ4v) is 3.98. The molecule has 1 N–H and O–H groups in total. The molecule has 0 aliphatic carbocycles. The molecule has 20 heavy (non-hydrogen) atoms. The molecule has 2 rings (SSSR count). The molecule has 0 atom stereocenters. The highest BCUT2D eigenvalue weighted by Gasteiger charge is 2.29. The molecule has 0 radical (unpaired) electrons. The first-order valence-corrected chi connectivity index (χ1v) is 7.57. The summed E-state index contributed by atoms with van der Waals surface area (Å²) in [5, 5.41) is 8.92. The summed E-state index contributed by atoms with van der Waals surface area (Å²) in [5.41, 5.74) is 0.684. The summed E-state index contributed by atoms with van der Waals surface area (Å²) >= 11 is 0.697. The third kappa shape index (κ3) is 2.49. The zero-order valence-corrected chi connectivity index (χ0v) is 11.8. The van der Waals surface area contributed by atoms with Crippen molar-refractivity contribution in [3.8, 4) is 0 Å². The number of rotatable bonds is 4. The fourth-order valence-electron chi connectivity index (χ4n) is 1.50. The fraction of sp³-hybridized carbons (Fsp3) is 0.0909. The van der Waals surface area contributed by atoms with Crippen LogP contribution in [0.1, 0.15) is 10.5 Å². The number of hydrogen-bond acceptors (Lipinski definition) is 5. The van der Waals surface area contributed by atoms with Crippen LogP contribution in [-0.2, 0) is 10.0 Å². The zero-order chi connectivity index (χ0) is 14.9. The molecule has 0 aliphatic rings. The maximum atomic E-state index is 13.1. The molecule has 0 spiro atoms. The molecule has 0 unspecified atom stereocenters. The van der Waals surface area contributed by atoms with E-state index >= 15 is 0 Å². The molecule has 1 aromatic heterocycles. The molecule has 1 heterocycles. The van der Waals surface area contributed by atoms with Gasteiger partial charge in [0.1, 0.15) is 5.82 Å². The van der Waals surface area contributed by atoms with E-state index in [1.807, 2.05) is 0 Å². The number of sulfonamides is 1. The van der Waals surface area contributed by atoms with Crippen molar-refractivity contribution in [2.24, 2.45) is 0 Å². The Bertz CT molecular complexity index is 757. The summed E-state index contributed by atoms with van der Waals surface area (Å²) in [7, 11) is -2.88. The Hall–Kier alpha value is -2.00. The number of anilines is 1. The number of thiazole rings is 1. The third-order valence-corrected chi connectivity index (χ3v) is 5.64. The highest BCUT2D eigenvalue weighted by atomic mass is 32.2. The summed E-state index contributed by atoms with van der Waals surface area (Å²) in [6.45, 7) is 0. The third-order valence-electron chi connectivity index (χ3n) is 2.50. The Morgan fingerprint density at radius 1 is 1.45 bits per heavy atom. The highest BCUT2D eigenvalue weighted by molar-refractivity contribution is 7.94. The molecule has 2 aromatic rings. The Morgan fingerprint density at radius 2 is 2.15 bits per heavy atom. The molecule has 106 valence electrons. The quantitative estimate of drug-likeness (QED) is 0.929. The smallest absolute Gasteiger partial charge is 0.356 e. The lowest BCUT2D eigenvalue weighted by molar-refractivity contribution is 0.0687. The monoisotopic (exact) mass is 316 g/mol. The molecule has 0 fully saturated rings. The minimum absolute atomic E-state index is 0.0924. The molecule has 0 saturated heterocycles. The van der Waals surface area contributed by atoms with Crippen molar-refractivity contribution >= 4 is 33.0 Å². The first-order chi connectivity index (χ1) is 9.34. The van der Waals surface area contributed by atoms with Crippen LogP contribution in [-0.4, -0.2) is 31.5 Å². The number of hydrogen-bond donors (Lipinski definition) is 1. The summed E-state index contributed by atoms with van der Waals surface area (Å²) in [4.78, 5) is 14.5. The number of aromatic carboxylic acids is 1. The van der Waals surface area contributed by atoms with E-state index in [2.05, 4.69) is 4.98 Å². The molecular weight excluding hydrogens is 307 g/mol. The zero-order valence-electron chi connectivity index (χ0n) is 10.1. The maximum absolute atomic E-state index is 13.1. The van der Waals surface area contributed by atoms with Crippen LogP contribution in [0.2, 0.25) is 0 Å². The van der Waals surface area contributed by atoms with Crippen molar-refractivity contribution in [1.29, 1.82) is 0 Å². The van der Waals surface area contributed by atoms with Crippen molar-refractivity contribution < 1.29 is 22.7 Å². The van der Waals surface area contributed by atoms with Crippen molar-refractivity contribution in [3.63, 3.8) is 0 Å². The number of halogens is 1. The average molecular weight is 316 g/mol. The van der Waals surface area contributed by atoms with Crippen LogP contribution >= 0.6 is 11.3 Å². The van der Waals surface area contributed by atoms with Crippen LogP contribution in [0.3, 0.4) is 0 Å². The van der Waals surface area contributed by atoms with Crippen molar-refractivity contribution in [1.82, 2.24) is 4.98 Å². The van der Waals surface area contributed by atoms with Crippen LogP contribution in [0.5, 0.6) is 0 Å². The van der Waals surface area contributed by atoms with Gasteiger partial charge in [0.2, 0.25) is 0 Å². The van der Waals surface area contributed by atoms with E-state index in [4.69, 9.17) is 5.11 Å². The maximum Gasteiger partial charge on any atom is 0.356 e. The Balaban J connectivity index is 2.50. The van der Waals surface area contributed by atoms with Crippen LogP contribution in [0.4, 0.5) is 10.1 Å². The molecular formula is C11H9FN2O4S2. The first kappa shape index (κ1) is 14.4. The van der Waals surface area contributed by atoms with Gasteiger partial charge in [-0.1, -0.05) is 6.07 Å². The van der Waals surface area contributed by atoms with Gasteiger partial charge in [-0.05, 0) is 18.2 Å². The van der Waals surface area contributed by atoms with E-state index < -0.39 is 31.7 Å². The SMILES string of the molecule is CN(c1cccc(F)c1)S(=O)(=O)c1scnc1C(=O)O. The number of nitrogens with zero attached hydrogens (tertiary/aromatic N) is 2. The van der Waals surface area contributed by atoms with E-state index in [1.54, 1.807) is 0 Å². The summed E-state index contributed by atoms with van der Waals surface area (Å²) in [5.74, 6) is -2.02. The summed E-state index contributed by atoms with van der Waals surface area (Å²) in [6.07, 6.45) is 0. The van der Waals surface area contributed by atoms with Gasteiger partial charge in [0.25, 0.3) is 10.0 Å². The van der Waals surface area contributed by atoms with Gasteiger partial charge < -0.3 is 5.11 Å². The van der Waals surface area contributed by atoms with E-state index in [0.717, 1.165) is 15.9 Å². The van der Waals surface area contributed by atoms with Crippen LogP contribution in [0.15, 0.2) is 34.0 Å². The van der Waals surface area contributed by atoms with Gasteiger partial charge in [-0.2, -0.15) is 0 Å². The van der Waals surface area contributed by atoms with E-state index in [-0.39, 0.29) is 5.69 Å². The van der Waals surface area contributed by atoms with Gasteiger partial charge in [0.05, 0.1) is 11.2 Å². The minimum atomic E-state index is -4.10. The van der Waals surface area contributed by atoms with E-state index in [0.29, 0.717) is 11.3 Å². The molecule has 6 nitrogen and oxygen atoms in total. The predicted octanol–water partition coefficient (Wildman–Crippen LogP) is 1.81. The topological polar surface area (TPSA) is 87.6 Å². The number of aromatic nitrogens is 1. The normalized spacial score (nSPS) is 11.3. The van der Waals surface area contributed by atoms with Gasteiger partial charge in [-0.15, -0.1) is 11.3 Å². The van der Waals surface area contributed by atoms with Crippen molar-refractivity contribution in [2.75, 3.05) is 11.4 Å². The summed E-state index contributed by atoms with van der Waals surface area (Å²) < 4.78 is 38.2. The lowest BCUT2D eigenvalue weighted by Gasteiger charge is -2.18. The summed E-state index contributed by atoms with van der Waals surface area (Å²) in [6, 6.07) is 4.99. The van der Waals surface area contributed by atoms with Crippen molar-refractivity contribution in [3.05, 3.63) is 41.3 Å². The van der Waals surface area contributed by atoms with Crippen LogP contribution in [0.25, 0.3) is 0 Å².